The maximum absolute atomic E-state index is 12.3. The van der Waals surface area contributed by atoms with Crippen molar-refractivity contribution in [2.75, 3.05) is 7.05 Å². The van der Waals surface area contributed by atoms with E-state index in [1.54, 1.807) is 29.7 Å². The average Bonchev–Trinajstić information content (AvgIpc) is 3.18. The second-order valence-corrected chi connectivity index (χ2v) is 5.25. The number of hydrogen-bond donors (Lipinski definition) is 1. The highest BCUT2D eigenvalue weighted by Gasteiger charge is 2.17. The largest absolute Gasteiger partial charge is 0.336 e. The van der Waals surface area contributed by atoms with Crippen LogP contribution in [0.25, 0.3) is 10.8 Å². The molecule has 0 aliphatic heterocycles. The zero-order valence-corrected chi connectivity index (χ0v) is 12.0. The Bertz CT molecular complexity index is 724. The first-order valence-corrected chi connectivity index (χ1v) is 7.07. The van der Waals surface area contributed by atoms with Crippen molar-refractivity contribution in [2.45, 2.75) is 6.54 Å². The Kier molecular flexibility index (Phi) is 3.69. The van der Waals surface area contributed by atoms with E-state index in [-0.39, 0.29) is 5.91 Å². The van der Waals surface area contributed by atoms with E-state index in [2.05, 4.69) is 25.1 Å². The number of thiazole rings is 1. The van der Waals surface area contributed by atoms with Crippen molar-refractivity contribution < 1.29 is 4.79 Å². The number of nitrogens with zero attached hydrogens (tertiary/aromatic N) is 5. The van der Waals surface area contributed by atoms with Crippen LogP contribution in [0.2, 0.25) is 0 Å². The minimum absolute atomic E-state index is 0.138. The summed E-state index contributed by atoms with van der Waals surface area (Å²) in [7, 11) is 1.74. The lowest BCUT2D eigenvalue weighted by atomic mass is 10.2. The van der Waals surface area contributed by atoms with Crippen LogP contribution in [0.4, 0.5) is 0 Å². The summed E-state index contributed by atoms with van der Waals surface area (Å²) in [6, 6.07) is 3.77. The van der Waals surface area contributed by atoms with Crippen molar-refractivity contribution in [2.24, 2.45) is 0 Å². The van der Waals surface area contributed by atoms with Crippen LogP contribution in [0.1, 0.15) is 16.1 Å². The number of aromatic nitrogens is 5. The van der Waals surface area contributed by atoms with Gasteiger partial charge in [0.1, 0.15) is 12.0 Å². The summed E-state index contributed by atoms with van der Waals surface area (Å²) in [5.41, 5.74) is 1.37. The fourth-order valence-electron chi connectivity index (χ4n) is 1.82. The summed E-state index contributed by atoms with van der Waals surface area (Å²) >= 11 is 1.35. The molecule has 3 aromatic heterocycles. The van der Waals surface area contributed by atoms with Crippen molar-refractivity contribution in [1.29, 1.82) is 0 Å². The molecule has 0 saturated carbocycles. The molecule has 0 aliphatic rings. The molecule has 3 rings (SSSR count). The Morgan fingerprint density at radius 3 is 3.10 bits per heavy atom. The van der Waals surface area contributed by atoms with Crippen LogP contribution in [0, 0.1) is 0 Å². The molecule has 1 N–H and O–H groups in total. The molecule has 0 fully saturated rings. The number of rotatable bonds is 4. The van der Waals surface area contributed by atoms with Gasteiger partial charge in [-0.25, -0.2) is 9.97 Å². The van der Waals surface area contributed by atoms with E-state index in [1.807, 2.05) is 12.1 Å². The molecule has 0 aromatic carbocycles. The third-order valence-corrected chi connectivity index (χ3v) is 3.68. The second kappa shape index (κ2) is 5.80. The Morgan fingerprint density at radius 2 is 2.38 bits per heavy atom. The Labute approximate surface area is 124 Å². The third kappa shape index (κ3) is 2.95. The molecule has 8 heteroatoms. The minimum atomic E-state index is -0.138. The van der Waals surface area contributed by atoms with Crippen molar-refractivity contribution in [3.8, 4) is 10.8 Å². The molecule has 0 saturated heterocycles. The number of amides is 1. The van der Waals surface area contributed by atoms with Crippen LogP contribution < -0.4 is 0 Å². The number of pyridine rings is 1. The number of aromatic amines is 1. The van der Waals surface area contributed by atoms with Gasteiger partial charge in [0.2, 0.25) is 0 Å². The molecule has 0 bridgehead atoms. The Hall–Kier alpha value is -2.61. The first-order chi connectivity index (χ1) is 10.2. The summed E-state index contributed by atoms with van der Waals surface area (Å²) in [6.07, 6.45) is 4.85. The molecule has 0 unspecified atom stereocenters. The molecule has 21 heavy (non-hydrogen) atoms. The van der Waals surface area contributed by atoms with Gasteiger partial charge in [-0.15, -0.1) is 11.3 Å². The number of hydrogen-bond acceptors (Lipinski definition) is 6. The summed E-state index contributed by atoms with van der Waals surface area (Å²) in [5.74, 6) is 0.426. The van der Waals surface area contributed by atoms with Crippen molar-refractivity contribution >= 4 is 17.2 Å². The van der Waals surface area contributed by atoms with Gasteiger partial charge in [-0.2, -0.15) is 5.10 Å². The number of H-pyrrole nitrogens is 1. The van der Waals surface area contributed by atoms with Crippen molar-refractivity contribution in [1.82, 2.24) is 30.0 Å². The number of carbonyl (C=O) groups excluding carboxylic acids is 1. The van der Waals surface area contributed by atoms with E-state index in [0.717, 1.165) is 5.56 Å². The highest BCUT2D eigenvalue weighted by molar-refractivity contribution is 7.13. The Morgan fingerprint density at radius 1 is 1.48 bits per heavy atom. The summed E-state index contributed by atoms with van der Waals surface area (Å²) in [5, 5.41) is 8.87. The van der Waals surface area contributed by atoms with Crippen LogP contribution in [0.3, 0.4) is 0 Å². The lowest BCUT2D eigenvalue weighted by Gasteiger charge is -2.15. The van der Waals surface area contributed by atoms with E-state index < -0.39 is 0 Å². The molecule has 3 aromatic rings. The molecule has 3 heterocycles. The van der Waals surface area contributed by atoms with E-state index in [1.165, 1.54) is 17.7 Å². The van der Waals surface area contributed by atoms with Gasteiger partial charge in [0.25, 0.3) is 5.91 Å². The van der Waals surface area contributed by atoms with E-state index >= 15 is 0 Å². The lowest BCUT2D eigenvalue weighted by molar-refractivity contribution is 0.0780. The molecule has 0 aliphatic carbocycles. The normalized spacial score (nSPS) is 10.5. The number of nitrogens with one attached hydrogen (secondary N) is 1. The van der Waals surface area contributed by atoms with Gasteiger partial charge in [0.05, 0.1) is 0 Å². The summed E-state index contributed by atoms with van der Waals surface area (Å²) < 4.78 is 0. The second-order valence-electron chi connectivity index (χ2n) is 4.39. The van der Waals surface area contributed by atoms with Gasteiger partial charge in [-0.1, -0.05) is 6.07 Å². The fourth-order valence-corrected chi connectivity index (χ4v) is 2.56. The average molecular weight is 300 g/mol. The van der Waals surface area contributed by atoms with Gasteiger partial charge in [0, 0.05) is 31.4 Å². The first kappa shape index (κ1) is 13.4. The molecular formula is C13H12N6OS. The molecular weight excluding hydrogens is 288 g/mol. The molecule has 0 atom stereocenters. The summed E-state index contributed by atoms with van der Waals surface area (Å²) in [6.45, 7) is 0.488. The highest BCUT2D eigenvalue weighted by Crippen LogP contribution is 2.20. The van der Waals surface area contributed by atoms with Crippen LogP contribution >= 0.6 is 11.3 Å². The molecule has 0 radical (unpaired) electrons. The lowest BCUT2D eigenvalue weighted by Crippen LogP contribution is -2.26. The monoisotopic (exact) mass is 300 g/mol. The summed E-state index contributed by atoms with van der Waals surface area (Å²) in [4.78, 5) is 26.3. The van der Waals surface area contributed by atoms with Gasteiger partial charge in [-0.05, 0) is 11.6 Å². The van der Waals surface area contributed by atoms with Gasteiger partial charge in [-0.3, -0.25) is 14.9 Å². The van der Waals surface area contributed by atoms with Gasteiger partial charge < -0.3 is 4.90 Å². The SMILES string of the molecule is CN(Cc1cccnc1)C(=O)c1csc(-c2ncn[nH]2)n1. The molecule has 1 amide bonds. The molecule has 7 nitrogen and oxygen atoms in total. The maximum atomic E-state index is 12.3. The minimum Gasteiger partial charge on any atom is -0.336 e. The molecule has 0 spiro atoms. The fraction of sp³-hybridized carbons (Fsp3) is 0.154. The standard InChI is InChI=1S/C13H12N6OS/c1-19(6-9-3-2-4-14-5-9)13(20)10-7-21-12(17-10)11-15-8-16-18-11/h2-5,7-8H,6H2,1H3,(H,15,16,18). The zero-order valence-electron chi connectivity index (χ0n) is 11.2. The van der Waals surface area contributed by atoms with Crippen LogP contribution in [-0.4, -0.2) is 43.0 Å². The van der Waals surface area contributed by atoms with Crippen molar-refractivity contribution in [3.05, 3.63) is 47.5 Å². The predicted octanol–water partition coefficient (Wildman–Crippen LogP) is 1.60. The van der Waals surface area contributed by atoms with Gasteiger partial charge >= 0.3 is 0 Å². The third-order valence-electron chi connectivity index (χ3n) is 2.83. The highest BCUT2D eigenvalue weighted by atomic mass is 32.1. The van der Waals surface area contributed by atoms with Crippen LogP contribution in [-0.2, 0) is 6.54 Å². The maximum Gasteiger partial charge on any atom is 0.273 e. The first-order valence-electron chi connectivity index (χ1n) is 6.19. The molecule has 106 valence electrons. The Balaban J connectivity index is 1.73. The van der Waals surface area contributed by atoms with E-state index in [9.17, 15) is 4.79 Å². The van der Waals surface area contributed by atoms with Crippen LogP contribution in [0.15, 0.2) is 36.2 Å². The van der Waals surface area contributed by atoms with Gasteiger partial charge in [0.15, 0.2) is 10.8 Å². The predicted molar refractivity (Wildman–Crippen MR) is 77.5 cm³/mol. The van der Waals surface area contributed by atoms with Crippen LogP contribution in [0.5, 0.6) is 0 Å². The van der Waals surface area contributed by atoms with Crippen molar-refractivity contribution in [3.63, 3.8) is 0 Å². The quantitative estimate of drug-likeness (QED) is 0.790. The smallest absolute Gasteiger partial charge is 0.273 e. The van der Waals surface area contributed by atoms with E-state index in [4.69, 9.17) is 0 Å². The number of carbonyl (C=O) groups is 1. The topological polar surface area (TPSA) is 87.7 Å². The zero-order chi connectivity index (χ0) is 14.7. The van der Waals surface area contributed by atoms with E-state index in [0.29, 0.717) is 23.1 Å².